The van der Waals surface area contributed by atoms with Gasteiger partial charge in [0, 0.05) is 0 Å². The number of aromatic nitrogens is 2. The van der Waals surface area contributed by atoms with E-state index in [-0.39, 0.29) is 0 Å². The number of fused-ring (bicyclic) bond motifs is 3. The summed E-state index contributed by atoms with van der Waals surface area (Å²) in [6.45, 7) is 0. The maximum atomic E-state index is 5.33. The van der Waals surface area contributed by atoms with E-state index in [1.165, 1.54) is 47.4 Å². The van der Waals surface area contributed by atoms with Crippen molar-refractivity contribution in [2.24, 2.45) is 0 Å². The van der Waals surface area contributed by atoms with Crippen molar-refractivity contribution in [3.8, 4) is 0 Å². The molecule has 3 nitrogen and oxygen atoms in total. The zero-order valence-electron chi connectivity index (χ0n) is 12.2. The zero-order valence-corrected chi connectivity index (χ0v) is 14.7. The van der Waals surface area contributed by atoms with E-state index in [0.29, 0.717) is 19.3 Å². The summed E-state index contributed by atoms with van der Waals surface area (Å²) >= 11 is 5.69. The van der Waals surface area contributed by atoms with Crippen LogP contribution in [-0.2, 0) is 12.8 Å². The maximum absolute atomic E-state index is 5.33. The van der Waals surface area contributed by atoms with Gasteiger partial charge < -0.3 is 0 Å². The summed E-state index contributed by atoms with van der Waals surface area (Å²) in [4.78, 5) is 7.89. The van der Waals surface area contributed by atoms with Crippen LogP contribution in [-0.4, -0.2) is 24.5 Å². The van der Waals surface area contributed by atoms with Crippen LogP contribution in [0.25, 0.3) is 9.78 Å². The summed E-state index contributed by atoms with van der Waals surface area (Å²) in [5.41, 5.74) is 2.61. The number of rotatable bonds is 2. The molecule has 0 spiro atoms. The first-order valence-corrected chi connectivity index (χ1v) is 9.80. The number of aryl methyl sites for hydroxylation is 2. The van der Waals surface area contributed by atoms with E-state index < -0.39 is 0 Å². The number of hydrogen-bond donors (Lipinski definition) is 2. The van der Waals surface area contributed by atoms with Crippen LogP contribution >= 0.6 is 12.2 Å². The monoisotopic (exact) mass is 375 g/mol. The van der Waals surface area contributed by atoms with Crippen LogP contribution in [0.3, 0.4) is 0 Å². The molecule has 0 saturated carbocycles. The Morgan fingerprint density at radius 1 is 1.09 bits per heavy atom. The molecule has 2 heterocycles. The van der Waals surface area contributed by atoms with Crippen LogP contribution in [0.5, 0.6) is 0 Å². The molecule has 2 aromatic heterocycles. The molecule has 0 unspecified atom stereocenters. The van der Waals surface area contributed by atoms with Gasteiger partial charge in [-0.15, -0.1) is 0 Å². The minimum absolute atomic E-state index is 0.352. The first-order chi connectivity index (χ1) is 10.8. The molecule has 0 fully saturated rings. The molecule has 0 amide bonds. The Balaban J connectivity index is 1.89. The van der Waals surface area contributed by atoms with Gasteiger partial charge in [-0.3, -0.25) is 0 Å². The van der Waals surface area contributed by atoms with E-state index in [1.54, 1.807) is 4.44 Å². The summed E-state index contributed by atoms with van der Waals surface area (Å²) in [5.74, 6) is 1.02. The fraction of sp³-hybridized carbons (Fsp3) is 0.294. The molecule has 0 radical (unpaired) electrons. The van der Waals surface area contributed by atoms with E-state index in [1.807, 2.05) is 18.2 Å². The number of nitrogens with zero attached hydrogens (tertiary/aromatic N) is 1. The molecular formula is C17H17N3SSe. The first-order valence-electron chi connectivity index (χ1n) is 7.68. The van der Waals surface area contributed by atoms with Crippen LogP contribution in [0.4, 0.5) is 11.5 Å². The van der Waals surface area contributed by atoms with Crippen molar-refractivity contribution in [3.05, 3.63) is 45.1 Å². The SMILES string of the molecule is S=c1nc2[se]c3c(c2c(Nc2ccccc2)[nH]1)CCCCC3. The molecule has 1 aliphatic carbocycles. The number of H-pyrrole nitrogens is 1. The van der Waals surface area contributed by atoms with Gasteiger partial charge in [0.25, 0.3) is 0 Å². The van der Waals surface area contributed by atoms with Crippen LogP contribution in [0.1, 0.15) is 29.3 Å². The number of anilines is 2. The molecule has 4 rings (SSSR count). The van der Waals surface area contributed by atoms with E-state index >= 15 is 0 Å². The molecule has 0 atom stereocenters. The molecule has 3 aromatic rings. The van der Waals surface area contributed by atoms with Crippen molar-refractivity contribution in [3.63, 3.8) is 0 Å². The summed E-state index contributed by atoms with van der Waals surface area (Å²) < 4.78 is 3.43. The van der Waals surface area contributed by atoms with Gasteiger partial charge in [-0.2, -0.15) is 0 Å². The van der Waals surface area contributed by atoms with E-state index in [9.17, 15) is 0 Å². The Bertz CT molecular complexity index is 867. The van der Waals surface area contributed by atoms with Crippen molar-refractivity contribution in [2.45, 2.75) is 32.1 Å². The fourth-order valence-corrected chi connectivity index (χ4v) is 6.11. The van der Waals surface area contributed by atoms with Crippen LogP contribution in [0.15, 0.2) is 30.3 Å². The molecule has 0 saturated heterocycles. The topological polar surface area (TPSA) is 40.7 Å². The number of aromatic amines is 1. The summed E-state index contributed by atoms with van der Waals surface area (Å²) in [6, 6.07) is 10.3. The van der Waals surface area contributed by atoms with Gasteiger partial charge in [-0.1, -0.05) is 0 Å². The van der Waals surface area contributed by atoms with E-state index in [4.69, 9.17) is 12.2 Å². The predicted molar refractivity (Wildman–Crippen MR) is 94.9 cm³/mol. The van der Waals surface area contributed by atoms with Crippen LogP contribution < -0.4 is 5.32 Å². The normalized spacial score (nSPS) is 14.5. The number of hydrogen-bond acceptors (Lipinski definition) is 3. The Morgan fingerprint density at radius 3 is 2.77 bits per heavy atom. The first kappa shape index (κ1) is 14.2. The standard InChI is InChI=1S/C17H17N3SSe/c21-17-19-15(18-11-7-3-1-4-8-11)14-12-9-5-2-6-10-13(12)22-16(14)20-17/h1,3-4,7-8H,2,5-6,9-10H2,(H2,18,19,20,21). The van der Waals surface area contributed by atoms with Crippen molar-refractivity contribution >= 4 is 48.0 Å². The van der Waals surface area contributed by atoms with Gasteiger partial charge in [0.2, 0.25) is 0 Å². The fourth-order valence-electron chi connectivity index (χ4n) is 3.11. The molecule has 1 aromatic carbocycles. The third-order valence-corrected chi connectivity index (χ3v) is 6.81. The summed E-state index contributed by atoms with van der Waals surface area (Å²) in [7, 11) is 0. The second kappa shape index (κ2) is 5.99. The molecule has 112 valence electrons. The van der Waals surface area contributed by atoms with Gasteiger partial charge in [-0.25, -0.2) is 0 Å². The molecule has 0 aliphatic heterocycles. The second-order valence-corrected chi connectivity index (χ2v) is 8.31. The van der Waals surface area contributed by atoms with E-state index in [2.05, 4.69) is 27.4 Å². The molecule has 5 heteroatoms. The van der Waals surface area contributed by atoms with Crippen molar-refractivity contribution in [2.75, 3.05) is 5.32 Å². The van der Waals surface area contributed by atoms with E-state index in [0.717, 1.165) is 11.5 Å². The Labute approximate surface area is 140 Å². The number of benzene rings is 1. The number of nitrogens with one attached hydrogen (secondary N) is 2. The Kier molecular flexibility index (Phi) is 3.87. The van der Waals surface area contributed by atoms with Crippen LogP contribution in [0.2, 0.25) is 0 Å². The quantitative estimate of drug-likeness (QED) is 0.398. The third kappa shape index (κ3) is 2.65. The van der Waals surface area contributed by atoms with Crippen molar-refractivity contribution in [1.29, 1.82) is 0 Å². The predicted octanol–water partition coefficient (Wildman–Crippen LogP) is 4.36. The van der Waals surface area contributed by atoms with Gasteiger partial charge in [0.15, 0.2) is 0 Å². The third-order valence-electron chi connectivity index (χ3n) is 4.13. The van der Waals surface area contributed by atoms with Crippen molar-refractivity contribution < 1.29 is 0 Å². The average Bonchev–Trinajstić information content (AvgIpc) is 2.70. The zero-order chi connectivity index (χ0) is 14.9. The average molecular weight is 374 g/mol. The van der Waals surface area contributed by atoms with Gasteiger partial charge in [0.1, 0.15) is 0 Å². The number of para-hydroxylation sites is 1. The minimum atomic E-state index is 0.352. The van der Waals surface area contributed by atoms with Gasteiger partial charge in [0.05, 0.1) is 0 Å². The summed E-state index contributed by atoms with van der Waals surface area (Å²) in [5, 5.41) is 4.81. The molecule has 1 aliphatic rings. The molecule has 2 N–H and O–H groups in total. The second-order valence-electron chi connectivity index (χ2n) is 5.65. The Morgan fingerprint density at radius 2 is 1.91 bits per heavy atom. The van der Waals surface area contributed by atoms with Gasteiger partial charge in [-0.05, 0) is 0 Å². The van der Waals surface area contributed by atoms with Crippen LogP contribution in [0, 0.1) is 4.77 Å². The Hall–Kier alpha value is -1.42. The molecular weight excluding hydrogens is 357 g/mol. The molecule has 0 bridgehead atoms. The summed E-state index contributed by atoms with van der Waals surface area (Å²) in [6.07, 6.45) is 6.37. The molecule has 22 heavy (non-hydrogen) atoms. The van der Waals surface area contributed by atoms with Crippen molar-refractivity contribution in [1.82, 2.24) is 9.97 Å². The van der Waals surface area contributed by atoms with Gasteiger partial charge >= 0.3 is 140 Å².